The molecule has 0 aliphatic carbocycles. The summed E-state index contributed by atoms with van der Waals surface area (Å²) in [5, 5.41) is 11.2. The van der Waals surface area contributed by atoms with Crippen LogP contribution in [0.3, 0.4) is 0 Å². The van der Waals surface area contributed by atoms with Crippen molar-refractivity contribution in [3.8, 4) is 0 Å². The average molecular weight is 241 g/mol. The Kier molecular flexibility index (Phi) is 18.3. The third kappa shape index (κ3) is 11.6. The van der Waals surface area contributed by atoms with Crippen LogP contribution in [0.4, 0.5) is 0 Å². The molecule has 0 fully saturated rings. The second kappa shape index (κ2) is 11.8. The van der Waals surface area contributed by atoms with Gasteiger partial charge in [-0.05, 0) is 6.42 Å². The number of aliphatic carboxylic acids is 1. The SMILES string of the molecule is CCCC(NC(=S)S)C(=O)O.[H-].[H-].[Na+].[Na+]. The number of carbonyl (C=O) groups is 1. The molecule has 7 heteroatoms. The van der Waals surface area contributed by atoms with Gasteiger partial charge in [0.15, 0.2) is 0 Å². The van der Waals surface area contributed by atoms with Crippen molar-refractivity contribution in [1.82, 2.24) is 5.32 Å². The fourth-order valence-electron chi connectivity index (χ4n) is 0.695. The van der Waals surface area contributed by atoms with E-state index in [0.29, 0.717) is 6.42 Å². The van der Waals surface area contributed by atoms with E-state index < -0.39 is 12.0 Å². The first-order chi connectivity index (χ1) is 5.07. The molecule has 0 spiro atoms. The molecule has 0 radical (unpaired) electrons. The minimum absolute atomic E-state index is 0. The molecule has 3 nitrogen and oxygen atoms in total. The Hall–Kier alpha value is 1.71. The third-order valence-electron chi connectivity index (χ3n) is 1.17. The third-order valence-corrected chi connectivity index (χ3v) is 1.42. The van der Waals surface area contributed by atoms with Gasteiger partial charge < -0.3 is 13.3 Å². The molecule has 0 aromatic heterocycles. The molecule has 0 aliphatic rings. The van der Waals surface area contributed by atoms with Crippen LogP contribution in [0.2, 0.25) is 0 Å². The first kappa shape index (κ1) is 20.2. The first-order valence-electron chi connectivity index (χ1n) is 3.30. The van der Waals surface area contributed by atoms with Gasteiger partial charge in [-0.3, -0.25) is 0 Å². The predicted octanol–water partition coefficient (Wildman–Crippen LogP) is -4.72. The summed E-state index contributed by atoms with van der Waals surface area (Å²) >= 11 is 8.38. The van der Waals surface area contributed by atoms with E-state index in [4.69, 9.17) is 5.11 Å². The van der Waals surface area contributed by atoms with E-state index in [2.05, 4.69) is 30.2 Å². The molecular formula is C6H13NNa2O2S2. The quantitative estimate of drug-likeness (QED) is 0.263. The fraction of sp³-hybridized carbons (Fsp3) is 0.667. The second-order valence-corrected chi connectivity index (χ2v) is 3.29. The summed E-state index contributed by atoms with van der Waals surface area (Å²) in [5.41, 5.74) is 0. The van der Waals surface area contributed by atoms with Crippen molar-refractivity contribution < 1.29 is 71.9 Å². The summed E-state index contributed by atoms with van der Waals surface area (Å²) in [6.07, 6.45) is 1.37. The maximum atomic E-state index is 10.5. The van der Waals surface area contributed by atoms with Gasteiger partial charge in [-0.25, -0.2) is 4.79 Å². The van der Waals surface area contributed by atoms with Crippen LogP contribution in [0.5, 0.6) is 0 Å². The van der Waals surface area contributed by atoms with Gasteiger partial charge in [-0.15, -0.1) is 12.6 Å². The minimum atomic E-state index is -0.886. The number of rotatable bonds is 4. The van der Waals surface area contributed by atoms with Crippen molar-refractivity contribution in [2.75, 3.05) is 0 Å². The molecule has 0 aromatic rings. The van der Waals surface area contributed by atoms with Crippen LogP contribution in [-0.4, -0.2) is 21.4 Å². The zero-order chi connectivity index (χ0) is 8.85. The molecule has 1 unspecified atom stereocenters. The molecule has 2 N–H and O–H groups in total. The minimum Gasteiger partial charge on any atom is -1.00 e. The van der Waals surface area contributed by atoms with Crippen molar-refractivity contribution >= 4 is 35.1 Å². The van der Waals surface area contributed by atoms with Crippen LogP contribution in [0.15, 0.2) is 0 Å². The fourth-order valence-corrected chi connectivity index (χ4v) is 0.993. The van der Waals surface area contributed by atoms with Gasteiger partial charge in [-0.2, -0.15) is 0 Å². The van der Waals surface area contributed by atoms with Crippen LogP contribution >= 0.6 is 24.8 Å². The van der Waals surface area contributed by atoms with E-state index in [0.717, 1.165) is 6.42 Å². The van der Waals surface area contributed by atoms with Gasteiger partial charge in [0.05, 0.1) is 0 Å². The maximum Gasteiger partial charge on any atom is 1.00 e. The number of hydrogen-bond acceptors (Lipinski definition) is 2. The van der Waals surface area contributed by atoms with E-state index in [1.54, 1.807) is 0 Å². The van der Waals surface area contributed by atoms with Gasteiger partial charge in [-0.1, -0.05) is 25.6 Å². The van der Waals surface area contributed by atoms with Crippen LogP contribution < -0.4 is 64.4 Å². The summed E-state index contributed by atoms with van der Waals surface area (Å²) in [6, 6.07) is -0.593. The molecule has 1 atom stereocenters. The average Bonchev–Trinajstić information content (AvgIpc) is 1.86. The summed E-state index contributed by atoms with van der Waals surface area (Å²) in [7, 11) is 0. The Morgan fingerprint density at radius 1 is 1.69 bits per heavy atom. The van der Waals surface area contributed by atoms with E-state index in [1.807, 2.05) is 6.92 Å². The molecule has 0 aromatic carbocycles. The van der Waals surface area contributed by atoms with E-state index in [-0.39, 0.29) is 66.3 Å². The first-order valence-corrected chi connectivity index (χ1v) is 4.15. The topological polar surface area (TPSA) is 49.3 Å². The number of carboxylic acid groups (broad SMARTS) is 1. The smallest absolute Gasteiger partial charge is 1.00 e. The van der Waals surface area contributed by atoms with Crippen molar-refractivity contribution in [2.24, 2.45) is 0 Å². The van der Waals surface area contributed by atoms with Crippen LogP contribution in [0.1, 0.15) is 22.6 Å². The molecule has 68 valence electrons. The summed E-state index contributed by atoms with van der Waals surface area (Å²) in [5.74, 6) is -0.886. The van der Waals surface area contributed by atoms with Crippen molar-refractivity contribution in [3.05, 3.63) is 0 Å². The van der Waals surface area contributed by atoms with Crippen molar-refractivity contribution in [1.29, 1.82) is 0 Å². The zero-order valence-corrected chi connectivity index (χ0v) is 13.9. The summed E-state index contributed by atoms with van der Waals surface area (Å²) < 4.78 is 0.228. The number of thiocarbonyl (C=S) groups is 1. The Bertz CT molecular complexity index is 177. The predicted molar refractivity (Wildman–Crippen MR) is 53.3 cm³/mol. The molecule has 0 bridgehead atoms. The summed E-state index contributed by atoms with van der Waals surface area (Å²) in [6.45, 7) is 1.92. The standard InChI is InChI=1S/C6H11NO2S2.2Na.2H/c1-2-3-4(5(8)9)7-6(10)11;;;;/h4H,2-3H2,1H3,(H,8,9)(H2,7,10,11);;;;/q;2*+1;2*-1. The zero-order valence-electron chi connectivity index (χ0n) is 10.2. The number of thiol groups is 1. The van der Waals surface area contributed by atoms with Crippen LogP contribution in [0, 0.1) is 0 Å². The van der Waals surface area contributed by atoms with E-state index in [1.165, 1.54) is 0 Å². The number of hydrogen-bond donors (Lipinski definition) is 3. The Balaban J connectivity index is -0.0000000833. The largest absolute Gasteiger partial charge is 1.00 e. The normalized spacial score (nSPS) is 10.3. The molecule has 0 aliphatic heterocycles. The van der Waals surface area contributed by atoms with Crippen LogP contribution in [-0.2, 0) is 4.79 Å². The van der Waals surface area contributed by atoms with E-state index in [9.17, 15) is 4.79 Å². The molecule has 0 amide bonds. The Morgan fingerprint density at radius 3 is 2.38 bits per heavy atom. The Labute approximate surface area is 136 Å². The number of carboxylic acids is 1. The number of nitrogens with one attached hydrogen (secondary N) is 1. The van der Waals surface area contributed by atoms with Gasteiger partial charge in [0.1, 0.15) is 10.4 Å². The van der Waals surface area contributed by atoms with Gasteiger partial charge in [0.25, 0.3) is 0 Å². The van der Waals surface area contributed by atoms with Crippen molar-refractivity contribution in [2.45, 2.75) is 25.8 Å². The van der Waals surface area contributed by atoms with Crippen molar-refractivity contribution in [3.63, 3.8) is 0 Å². The monoisotopic (exact) mass is 241 g/mol. The van der Waals surface area contributed by atoms with Gasteiger partial charge in [0, 0.05) is 0 Å². The summed E-state index contributed by atoms with van der Waals surface area (Å²) in [4.78, 5) is 10.5. The molecule has 13 heavy (non-hydrogen) atoms. The van der Waals surface area contributed by atoms with E-state index >= 15 is 0 Å². The molecular weight excluding hydrogens is 228 g/mol. The molecule has 0 saturated heterocycles. The molecule has 0 rings (SSSR count). The molecule has 0 heterocycles. The molecule has 0 saturated carbocycles. The Morgan fingerprint density at radius 2 is 2.15 bits per heavy atom. The van der Waals surface area contributed by atoms with Crippen LogP contribution in [0.25, 0.3) is 0 Å². The maximum absolute atomic E-state index is 10.5. The van der Waals surface area contributed by atoms with Gasteiger partial charge in [0.2, 0.25) is 0 Å². The second-order valence-electron chi connectivity index (χ2n) is 2.13. The van der Waals surface area contributed by atoms with Gasteiger partial charge >= 0.3 is 65.1 Å².